The zero-order valence-electron chi connectivity index (χ0n) is 13.4. The maximum Gasteiger partial charge on any atom is 0.325 e. The second-order valence-corrected chi connectivity index (χ2v) is 6.29. The first-order chi connectivity index (χ1) is 12.4. The van der Waals surface area contributed by atoms with Crippen LogP contribution in [0.15, 0.2) is 72.9 Å². The summed E-state index contributed by atoms with van der Waals surface area (Å²) in [5, 5.41) is 4.54. The average Bonchev–Trinajstić information content (AvgIpc) is 3.30. The topological polar surface area (TPSA) is 39.0 Å². The molecule has 0 fully saturated rings. The molecule has 0 saturated carbocycles. The number of hydrogen-bond acceptors (Lipinski definition) is 2. The van der Waals surface area contributed by atoms with Crippen molar-refractivity contribution in [3.05, 3.63) is 78.5 Å². The second kappa shape index (κ2) is 4.54. The summed E-state index contributed by atoms with van der Waals surface area (Å²) in [4.78, 5) is 4.86. The van der Waals surface area contributed by atoms with Gasteiger partial charge in [0.15, 0.2) is 0 Å². The monoisotopic (exact) mass is 324 g/mol. The maximum absolute atomic E-state index is 4.86. The van der Waals surface area contributed by atoms with Crippen molar-refractivity contribution in [1.29, 1.82) is 0 Å². The predicted molar refractivity (Wildman–Crippen MR) is 94.6 cm³/mol. The summed E-state index contributed by atoms with van der Waals surface area (Å²) in [7, 11) is 0. The standard InChI is InChI=1S/C20H14N5/c1-2-8-15(9-3-1)24-19-16-10-5-4-7-14(16)13-23(19)18-20(24)25-17(22-18)11-6-12-21-25/h1-12H,13H2/q+1. The van der Waals surface area contributed by atoms with E-state index in [0.717, 1.165) is 29.2 Å². The Hall–Kier alpha value is -3.47. The van der Waals surface area contributed by atoms with Crippen molar-refractivity contribution < 1.29 is 4.57 Å². The predicted octanol–water partition coefficient (Wildman–Crippen LogP) is 2.99. The molecule has 6 rings (SSSR count). The third-order valence-corrected chi connectivity index (χ3v) is 4.89. The Balaban J connectivity index is 1.84. The molecular weight excluding hydrogens is 310 g/mol. The fourth-order valence-electron chi connectivity index (χ4n) is 3.85. The molecule has 118 valence electrons. The van der Waals surface area contributed by atoms with Crippen molar-refractivity contribution in [2.75, 3.05) is 0 Å². The van der Waals surface area contributed by atoms with Gasteiger partial charge in [-0.05, 0) is 24.3 Å². The van der Waals surface area contributed by atoms with Crippen LogP contribution in [0, 0.1) is 0 Å². The molecule has 2 aromatic carbocycles. The van der Waals surface area contributed by atoms with E-state index in [0.29, 0.717) is 0 Å². The van der Waals surface area contributed by atoms with Gasteiger partial charge in [-0.15, -0.1) is 0 Å². The molecule has 0 amide bonds. The summed E-state index contributed by atoms with van der Waals surface area (Å²) in [5.41, 5.74) is 6.54. The van der Waals surface area contributed by atoms with Crippen LogP contribution in [0.3, 0.4) is 0 Å². The van der Waals surface area contributed by atoms with Crippen LogP contribution < -0.4 is 4.57 Å². The lowest BCUT2D eigenvalue weighted by molar-refractivity contribution is -0.647. The Morgan fingerprint density at radius 3 is 2.64 bits per heavy atom. The highest BCUT2D eigenvalue weighted by molar-refractivity contribution is 5.79. The fourth-order valence-corrected chi connectivity index (χ4v) is 3.85. The van der Waals surface area contributed by atoms with E-state index in [-0.39, 0.29) is 0 Å². The van der Waals surface area contributed by atoms with Crippen LogP contribution in [0.4, 0.5) is 0 Å². The molecular formula is C20H14N5+. The number of nitrogens with zero attached hydrogens (tertiary/aromatic N) is 5. The van der Waals surface area contributed by atoms with Crippen LogP contribution in [-0.2, 0) is 6.54 Å². The molecule has 5 nitrogen and oxygen atoms in total. The molecule has 0 bridgehead atoms. The van der Waals surface area contributed by atoms with Crippen molar-refractivity contribution in [2.45, 2.75) is 6.54 Å². The van der Waals surface area contributed by atoms with Crippen LogP contribution in [0.25, 0.3) is 34.0 Å². The summed E-state index contributed by atoms with van der Waals surface area (Å²) in [6.07, 6.45) is 1.81. The molecule has 5 aromatic rings. The number of imidazole rings is 2. The molecule has 1 aliphatic heterocycles. The molecule has 25 heavy (non-hydrogen) atoms. The number of fused-ring (bicyclic) bond motifs is 7. The fraction of sp³-hybridized carbons (Fsp3) is 0.0500. The van der Waals surface area contributed by atoms with Gasteiger partial charge in [0.05, 0.1) is 12.1 Å². The smallest absolute Gasteiger partial charge is 0.220 e. The number of benzene rings is 2. The van der Waals surface area contributed by atoms with Gasteiger partial charge in [-0.3, -0.25) is 0 Å². The van der Waals surface area contributed by atoms with Crippen molar-refractivity contribution in [3.63, 3.8) is 0 Å². The zero-order valence-corrected chi connectivity index (χ0v) is 13.4. The van der Waals surface area contributed by atoms with E-state index in [1.54, 1.807) is 6.20 Å². The molecule has 5 heteroatoms. The Morgan fingerprint density at radius 1 is 0.880 bits per heavy atom. The third-order valence-electron chi connectivity index (χ3n) is 4.89. The van der Waals surface area contributed by atoms with Gasteiger partial charge in [-0.2, -0.15) is 9.61 Å². The van der Waals surface area contributed by atoms with Gasteiger partial charge in [0, 0.05) is 17.8 Å². The van der Waals surface area contributed by atoms with Gasteiger partial charge in [-0.25, -0.2) is 9.13 Å². The molecule has 0 N–H and O–H groups in total. The highest BCUT2D eigenvalue weighted by atomic mass is 15.4. The van der Waals surface area contributed by atoms with Crippen molar-refractivity contribution in [1.82, 2.24) is 19.2 Å². The maximum atomic E-state index is 4.86. The van der Waals surface area contributed by atoms with E-state index < -0.39 is 0 Å². The summed E-state index contributed by atoms with van der Waals surface area (Å²) in [6.45, 7) is 0.839. The van der Waals surface area contributed by atoms with Crippen molar-refractivity contribution in [3.8, 4) is 17.1 Å². The highest BCUT2D eigenvalue weighted by Gasteiger charge is 2.36. The number of para-hydroxylation sites is 1. The normalized spacial score (nSPS) is 12.6. The lowest BCUT2D eigenvalue weighted by atomic mass is 10.1. The Bertz CT molecular complexity index is 1260. The molecule has 0 atom stereocenters. The molecule has 4 heterocycles. The highest BCUT2D eigenvalue weighted by Crippen LogP contribution is 2.33. The summed E-state index contributed by atoms with van der Waals surface area (Å²) >= 11 is 0. The Morgan fingerprint density at radius 2 is 1.72 bits per heavy atom. The molecule has 3 aromatic heterocycles. The lowest BCUT2D eigenvalue weighted by Crippen LogP contribution is -2.31. The molecule has 0 unspecified atom stereocenters. The molecule has 0 spiro atoms. The van der Waals surface area contributed by atoms with Gasteiger partial charge in [0.2, 0.25) is 11.5 Å². The minimum Gasteiger partial charge on any atom is -0.220 e. The van der Waals surface area contributed by atoms with Gasteiger partial charge < -0.3 is 0 Å². The Kier molecular flexibility index (Phi) is 2.34. The van der Waals surface area contributed by atoms with Gasteiger partial charge in [0.25, 0.3) is 5.65 Å². The van der Waals surface area contributed by atoms with Crippen LogP contribution in [-0.4, -0.2) is 19.2 Å². The van der Waals surface area contributed by atoms with Gasteiger partial charge in [0.1, 0.15) is 5.69 Å². The van der Waals surface area contributed by atoms with Gasteiger partial charge in [-0.1, -0.05) is 41.4 Å². The van der Waals surface area contributed by atoms with Crippen LogP contribution in [0.5, 0.6) is 0 Å². The van der Waals surface area contributed by atoms with Crippen LogP contribution >= 0.6 is 0 Å². The first kappa shape index (κ1) is 12.9. The first-order valence-corrected chi connectivity index (χ1v) is 8.33. The van der Waals surface area contributed by atoms with E-state index in [1.807, 2.05) is 22.7 Å². The summed E-state index contributed by atoms with van der Waals surface area (Å²) < 4.78 is 6.49. The quantitative estimate of drug-likeness (QED) is 0.436. The third kappa shape index (κ3) is 1.59. The van der Waals surface area contributed by atoms with E-state index >= 15 is 0 Å². The zero-order chi connectivity index (χ0) is 16.4. The molecule has 0 aliphatic carbocycles. The average molecular weight is 324 g/mol. The number of hydrogen-bond donors (Lipinski definition) is 0. The second-order valence-electron chi connectivity index (χ2n) is 6.29. The molecule has 0 saturated heterocycles. The van der Waals surface area contributed by atoms with E-state index in [2.05, 4.69) is 62.8 Å². The van der Waals surface area contributed by atoms with Crippen LogP contribution in [0.1, 0.15) is 5.56 Å². The Labute approximate surface area is 143 Å². The lowest BCUT2D eigenvalue weighted by Gasteiger charge is -2.04. The molecule has 1 aliphatic rings. The minimum atomic E-state index is 0.839. The molecule has 0 radical (unpaired) electrons. The van der Waals surface area contributed by atoms with E-state index in [1.165, 1.54) is 17.0 Å². The summed E-state index contributed by atoms with van der Waals surface area (Å²) in [6, 6.07) is 22.9. The largest absolute Gasteiger partial charge is 0.325 e. The number of rotatable bonds is 1. The SMILES string of the molecule is c1ccc(-n2c3[n+](c4nc5cccnn5c42)Cc2ccccc2-3)cc1. The minimum absolute atomic E-state index is 0.839. The van der Waals surface area contributed by atoms with Gasteiger partial charge >= 0.3 is 5.65 Å². The summed E-state index contributed by atoms with van der Waals surface area (Å²) in [5.74, 6) is 1.17. The first-order valence-electron chi connectivity index (χ1n) is 8.33. The van der Waals surface area contributed by atoms with Crippen LogP contribution in [0.2, 0.25) is 0 Å². The van der Waals surface area contributed by atoms with Crippen molar-refractivity contribution in [2.24, 2.45) is 0 Å². The number of aromatic nitrogens is 5. The van der Waals surface area contributed by atoms with Crippen molar-refractivity contribution >= 4 is 16.9 Å². The van der Waals surface area contributed by atoms with E-state index in [9.17, 15) is 0 Å². The van der Waals surface area contributed by atoms with E-state index in [4.69, 9.17) is 4.98 Å².